The monoisotopic (exact) mass is 215 g/mol. The van der Waals surface area contributed by atoms with Gasteiger partial charge in [0.2, 0.25) is 0 Å². The molecule has 5 heteroatoms. The summed E-state index contributed by atoms with van der Waals surface area (Å²) in [5, 5.41) is 2.92. The van der Waals surface area contributed by atoms with E-state index in [1.807, 2.05) is 24.3 Å². The molecule has 0 bridgehead atoms. The summed E-state index contributed by atoms with van der Waals surface area (Å²) in [7, 11) is 0. The van der Waals surface area contributed by atoms with E-state index in [9.17, 15) is 4.57 Å². The Balaban J connectivity index is 2.35. The second-order valence-corrected chi connectivity index (χ2v) is 7.10. The van der Waals surface area contributed by atoms with Gasteiger partial charge < -0.3 is 9.61 Å². The fourth-order valence-corrected chi connectivity index (χ4v) is 3.31. The van der Waals surface area contributed by atoms with E-state index >= 15 is 0 Å². The fourth-order valence-electron chi connectivity index (χ4n) is 1.19. The molecule has 1 heterocycles. The highest BCUT2D eigenvalue weighted by Gasteiger charge is 2.27. The second kappa shape index (κ2) is 3.37. The summed E-state index contributed by atoms with van der Waals surface area (Å²) in [6.45, 7) is -2.23. The summed E-state index contributed by atoms with van der Waals surface area (Å²) in [5.41, 5.74) is 1.98. The maximum absolute atomic E-state index is 11.8. The highest BCUT2D eigenvalue weighted by molar-refractivity contribution is 8.56. The standard InChI is InChI=1S/C8H10NO2PS/c1-13-12(10)9-8-5-3-2-4-7(8)6-11-12/h2-5H,6H2,1H3,(H,9,10). The zero-order chi connectivity index (χ0) is 9.31. The van der Waals surface area contributed by atoms with E-state index in [1.54, 1.807) is 6.26 Å². The van der Waals surface area contributed by atoms with Gasteiger partial charge in [0.05, 0.1) is 6.61 Å². The van der Waals surface area contributed by atoms with Gasteiger partial charge in [-0.3, -0.25) is 4.57 Å². The van der Waals surface area contributed by atoms with Gasteiger partial charge in [-0.05, 0) is 12.3 Å². The van der Waals surface area contributed by atoms with Crippen molar-refractivity contribution in [2.45, 2.75) is 6.61 Å². The number of benzene rings is 1. The molecule has 0 aliphatic carbocycles. The molecule has 1 aromatic carbocycles. The molecule has 0 aromatic heterocycles. The summed E-state index contributed by atoms with van der Waals surface area (Å²) in [6.07, 6.45) is 1.78. The molecule has 70 valence electrons. The third kappa shape index (κ3) is 1.75. The maximum Gasteiger partial charge on any atom is 0.351 e. The van der Waals surface area contributed by atoms with E-state index < -0.39 is 6.72 Å². The van der Waals surface area contributed by atoms with Crippen LogP contribution in [0.15, 0.2) is 24.3 Å². The van der Waals surface area contributed by atoms with E-state index in [0.717, 1.165) is 11.3 Å². The minimum Gasteiger partial charge on any atom is -0.307 e. The first-order chi connectivity index (χ1) is 6.23. The quantitative estimate of drug-likeness (QED) is 0.730. The molecule has 2 rings (SSSR count). The van der Waals surface area contributed by atoms with Crippen LogP contribution in [0.1, 0.15) is 5.56 Å². The molecule has 1 atom stereocenters. The first-order valence-electron chi connectivity index (χ1n) is 3.90. The SMILES string of the molecule is CSP1(=O)Nc2ccccc2CO1. The number of rotatable bonds is 1. The van der Waals surface area contributed by atoms with Gasteiger partial charge in [-0.15, -0.1) is 0 Å². The number of hydrogen-bond acceptors (Lipinski definition) is 3. The van der Waals surface area contributed by atoms with Gasteiger partial charge in [0.15, 0.2) is 0 Å². The lowest BCUT2D eigenvalue weighted by atomic mass is 10.2. The van der Waals surface area contributed by atoms with Crippen molar-refractivity contribution in [3.63, 3.8) is 0 Å². The first kappa shape index (κ1) is 9.13. The highest BCUT2D eigenvalue weighted by atomic mass is 32.7. The Morgan fingerprint density at radius 2 is 2.31 bits per heavy atom. The molecule has 0 amide bonds. The van der Waals surface area contributed by atoms with Crippen LogP contribution in [-0.2, 0) is 15.7 Å². The molecule has 1 aliphatic rings. The molecule has 3 nitrogen and oxygen atoms in total. The molecule has 1 aromatic rings. The van der Waals surface area contributed by atoms with Gasteiger partial charge in [0.1, 0.15) is 0 Å². The Morgan fingerprint density at radius 1 is 1.54 bits per heavy atom. The summed E-state index contributed by atoms with van der Waals surface area (Å²) >= 11 is 1.23. The second-order valence-electron chi connectivity index (χ2n) is 2.72. The summed E-state index contributed by atoms with van der Waals surface area (Å²) in [5.74, 6) is 0. The van der Waals surface area contributed by atoms with Gasteiger partial charge in [0, 0.05) is 11.3 Å². The lowest BCUT2D eigenvalue weighted by Gasteiger charge is -2.25. The largest absolute Gasteiger partial charge is 0.351 e. The topological polar surface area (TPSA) is 38.3 Å². The Hall–Kier alpha value is -0.440. The smallest absolute Gasteiger partial charge is 0.307 e. The van der Waals surface area contributed by atoms with Crippen LogP contribution in [0.2, 0.25) is 0 Å². The van der Waals surface area contributed by atoms with Crippen molar-refractivity contribution < 1.29 is 9.09 Å². The zero-order valence-electron chi connectivity index (χ0n) is 7.19. The average Bonchev–Trinajstić information content (AvgIpc) is 2.18. The lowest BCUT2D eigenvalue weighted by Crippen LogP contribution is -2.07. The molecule has 0 saturated heterocycles. The normalized spacial score (nSPS) is 26.2. The first-order valence-corrected chi connectivity index (χ1v) is 7.35. The van der Waals surface area contributed by atoms with Gasteiger partial charge in [-0.1, -0.05) is 29.6 Å². The van der Waals surface area contributed by atoms with Crippen LogP contribution in [0.5, 0.6) is 0 Å². The van der Waals surface area contributed by atoms with Crippen LogP contribution < -0.4 is 5.09 Å². The van der Waals surface area contributed by atoms with E-state index in [-0.39, 0.29) is 0 Å². The van der Waals surface area contributed by atoms with Crippen LogP contribution in [0.25, 0.3) is 0 Å². The third-order valence-electron chi connectivity index (χ3n) is 1.91. The van der Waals surface area contributed by atoms with Gasteiger partial charge in [-0.2, -0.15) is 0 Å². The predicted molar refractivity (Wildman–Crippen MR) is 56.0 cm³/mol. The van der Waals surface area contributed by atoms with Crippen LogP contribution in [0, 0.1) is 0 Å². The van der Waals surface area contributed by atoms with E-state index in [0.29, 0.717) is 6.61 Å². The number of para-hydroxylation sites is 1. The Kier molecular flexibility index (Phi) is 2.37. The van der Waals surface area contributed by atoms with Gasteiger partial charge in [0.25, 0.3) is 0 Å². The molecule has 13 heavy (non-hydrogen) atoms. The fraction of sp³-hybridized carbons (Fsp3) is 0.250. The Bertz CT molecular complexity index is 369. The predicted octanol–water partition coefficient (Wildman–Crippen LogP) is 3.10. The van der Waals surface area contributed by atoms with E-state index in [1.165, 1.54) is 11.4 Å². The molecule has 0 fully saturated rings. The van der Waals surface area contributed by atoms with Crippen LogP contribution in [0.4, 0.5) is 5.69 Å². The van der Waals surface area contributed by atoms with E-state index in [4.69, 9.17) is 4.52 Å². The molecule has 1 aliphatic heterocycles. The molecule has 1 N–H and O–H groups in total. The average molecular weight is 215 g/mol. The van der Waals surface area contributed by atoms with Crippen molar-refractivity contribution >= 4 is 23.8 Å². The molecule has 0 spiro atoms. The van der Waals surface area contributed by atoms with Crippen molar-refractivity contribution in [3.05, 3.63) is 29.8 Å². The van der Waals surface area contributed by atoms with Crippen molar-refractivity contribution in [3.8, 4) is 0 Å². The highest BCUT2D eigenvalue weighted by Crippen LogP contribution is 2.60. The Labute approximate surface area is 81.1 Å². The summed E-state index contributed by atoms with van der Waals surface area (Å²) in [4.78, 5) is 0. The van der Waals surface area contributed by atoms with Gasteiger partial charge >= 0.3 is 6.72 Å². The molecular weight excluding hydrogens is 205 g/mol. The van der Waals surface area contributed by atoms with Crippen molar-refractivity contribution in [1.29, 1.82) is 0 Å². The maximum atomic E-state index is 11.8. The van der Waals surface area contributed by atoms with Crippen LogP contribution >= 0.6 is 18.1 Å². The molecule has 1 unspecified atom stereocenters. The number of anilines is 1. The minimum absolute atomic E-state index is 0.432. The lowest BCUT2D eigenvalue weighted by molar-refractivity contribution is 0.313. The third-order valence-corrected chi connectivity index (χ3v) is 5.40. The minimum atomic E-state index is -2.66. The number of nitrogens with one attached hydrogen (secondary N) is 1. The van der Waals surface area contributed by atoms with Gasteiger partial charge in [-0.25, -0.2) is 0 Å². The van der Waals surface area contributed by atoms with E-state index in [2.05, 4.69) is 5.09 Å². The Morgan fingerprint density at radius 3 is 3.08 bits per heavy atom. The van der Waals surface area contributed by atoms with Crippen molar-refractivity contribution in [2.75, 3.05) is 11.3 Å². The molecule has 0 saturated carbocycles. The summed E-state index contributed by atoms with van der Waals surface area (Å²) in [6, 6.07) is 7.74. The van der Waals surface area contributed by atoms with Crippen molar-refractivity contribution in [1.82, 2.24) is 0 Å². The molecule has 0 radical (unpaired) electrons. The van der Waals surface area contributed by atoms with Crippen LogP contribution in [-0.4, -0.2) is 6.26 Å². The van der Waals surface area contributed by atoms with Crippen molar-refractivity contribution in [2.24, 2.45) is 0 Å². The number of hydrogen-bond donors (Lipinski definition) is 1. The zero-order valence-corrected chi connectivity index (χ0v) is 8.90. The molecular formula is C8H10NO2PS. The van der Waals surface area contributed by atoms with Crippen LogP contribution in [0.3, 0.4) is 0 Å². The summed E-state index contributed by atoms with van der Waals surface area (Å²) < 4.78 is 17.0. The number of fused-ring (bicyclic) bond motifs is 1.